The molecule has 0 aliphatic heterocycles. The van der Waals surface area contributed by atoms with E-state index in [-0.39, 0.29) is 0 Å². The number of halogens is 2. The van der Waals surface area contributed by atoms with E-state index in [9.17, 15) is 0 Å². The van der Waals surface area contributed by atoms with E-state index < -0.39 is 0 Å². The molecule has 0 spiro atoms. The Bertz CT molecular complexity index is 864. The highest BCUT2D eigenvalue weighted by atomic mass is 79.9. The largest absolute Gasteiger partial charge is 0.236 e. The molecule has 1 heterocycles. The van der Waals surface area contributed by atoms with Crippen LogP contribution in [0, 0.1) is 0 Å². The Balaban J connectivity index is 1.79. The quantitative estimate of drug-likeness (QED) is 0.488. The molecule has 0 N–H and O–H groups in total. The van der Waals surface area contributed by atoms with Gasteiger partial charge in [-0.15, -0.1) is 11.3 Å². The van der Waals surface area contributed by atoms with Crippen molar-refractivity contribution in [2.45, 2.75) is 6.42 Å². The van der Waals surface area contributed by atoms with Gasteiger partial charge in [-0.25, -0.2) is 4.98 Å². The molecule has 4 heteroatoms. The van der Waals surface area contributed by atoms with Gasteiger partial charge >= 0.3 is 0 Å². The summed E-state index contributed by atoms with van der Waals surface area (Å²) in [5.41, 5.74) is 5.07. The lowest BCUT2D eigenvalue weighted by Crippen LogP contribution is -1.84. The van der Waals surface area contributed by atoms with Crippen LogP contribution in [-0.2, 0) is 6.42 Å². The normalized spacial score (nSPS) is 13.6. The van der Waals surface area contributed by atoms with Crippen molar-refractivity contribution in [1.29, 1.82) is 0 Å². The minimum Gasteiger partial charge on any atom is -0.236 e. The van der Waals surface area contributed by atoms with E-state index >= 15 is 0 Å². The van der Waals surface area contributed by atoms with Gasteiger partial charge in [0, 0.05) is 15.4 Å². The zero-order valence-corrected chi connectivity index (χ0v) is 14.3. The van der Waals surface area contributed by atoms with Gasteiger partial charge in [0.1, 0.15) is 5.01 Å². The molecular formula is C16H9Br2NS. The number of benzene rings is 2. The van der Waals surface area contributed by atoms with E-state index in [2.05, 4.69) is 68.3 Å². The second kappa shape index (κ2) is 4.79. The SMILES string of the molecule is Brc1ccc2c(c1)C=C(c1nc3ccc(Br)cc3s1)C2. The minimum absolute atomic E-state index is 0.976. The number of allylic oxidation sites excluding steroid dienone is 1. The molecule has 4 rings (SSSR count). The molecule has 1 aromatic heterocycles. The van der Waals surface area contributed by atoms with Crippen molar-refractivity contribution in [2.24, 2.45) is 0 Å². The Kier molecular flexibility index (Phi) is 3.05. The van der Waals surface area contributed by atoms with Gasteiger partial charge in [0.2, 0.25) is 0 Å². The second-order valence-electron chi connectivity index (χ2n) is 4.82. The van der Waals surface area contributed by atoms with E-state index in [4.69, 9.17) is 4.98 Å². The third kappa shape index (κ3) is 2.16. The third-order valence-corrected chi connectivity index (χ3v) is 5.52. The molecule has 1 aliphatic carbocycles. The van der Waals surface area contributed by atoms with Crippen LogP contribution >= 0.6 is 43.2 Å². The smallest absolute Gasteiger partial charge is 0.120 e. The molecule has 0 unspecified atom stereocenters. The van der Waals surface area contributed by atoms with Crippen molar-refractivity contribution in [3.63, 3.8) is 0 Å². The van der Waals surface area contributed by atoms with Gasteiger partial charge in [-0.05, 0) is 53.1 Å². The minimum atomic E-state index is 0.976. The van der Waals surface area contributed by atoms with Gasteiger partial charge in [-0.3, -0.25) is 0 Å². The monoisotopic (exact) mass is 405 g/mol. The molecule has 0 saturated heterocycles. The summed E-state index contributed by atoms with van der Waals surface area (Å²) in [6.45, 7) is 0. The lowest BCUT2D eigenvalue weighted by atomic mass is 10.1. The van der Waals surface area contributed by atoms with E-state index in [0.29, 0.717) is 0 Å². The number of hydrogen-bond acceptors (Lipinski definition) is 2. The first-order valence-electron chi connectivity index (χ1n) is 6.24. The average Bonchev–Trinajstić information content (AvgIpc) is 3.00. The van der Waals surface area contributed by atoms with Gasteiger partial charge in [0.25, 0.3) is 0 Å². The fraction of sp³-hybridized carbons (Fsp3) is 0.0625. The average molecular weight is 407 g/mol. The van der Waals surface area contributed by atoms with Crippen LogP contribution < -0.4 is 0 Å². The first-order valence-corrected chi connectivity index (χ1v) is 8.65. The molecule has 0 fully saturated rings. The molecule has 0 radical (unpaired) electrons. The van der Waals surface area contributed by atoms with Crippen LogP contribution in [0.4, 0.5) is 0 Å². The molecule has 2 aromatic carbocycles. The number of fused-ring (bicyclic) bond motifs is 2. The second-order valence-corrected chi connectivity index (χ2v) is 7.68. The van der Waals surface area contributed by atoms with Crippen molar-refractivity contribution in [1.82, 2.24) is 4.98 Å². The molecule has 98 valence electrons. The maximum absolute atomic E-state index is 4.76. The molecule has 0 amide bonds. The fourth-order valence-electron chi connectivity index (χ4n) is 2.48. The standard InChI is InChI=1S/C16H9Br2NS/c17-12-2-1-9-5-11(6-10(9)7-12)16-19-14-4-3-13(18)8-15(14)20-16/h1-4,6-8H,5H2. The highest BCUT2D eigenvalue weighted by Crippen LogP contribution is 2.36. The van der Waals surface area contributed by atoms with Crippen LogP contribution in [0.25, 0.3) is 21.9 Å². The summed E-state index contributed by atoms with van der Waals surface area (Å²) < 4.78 is 3.46. The van der Waals surface area contributed by atoms with Crippen molar-refractivity contribution in [2.75, 3.05) is 0 Å². The summed E-state index contributed by atoms with van der Waals surface area (Å²) in [5, 5.41) is 1.13. The lowest BCUT2D eigenvalue weighted by molar-refractivity contribution is 1.29. The van der Waals surface area contributed by atoms with Crippen LogP contribution in [0.3, 0.4) is 0 Å². The number of nitrogens with zero attached hydrogens (tertiary/aromatic N) is 1. The topological polar surface area (TPSA) is 12.9 Å². The molecule has 3 aromatic rings. The molecule has 1 nitrogen and oxygen atoms in total. The van der Waals surface area contributed by atoms with Crippen molar-refractivity contribution in [3.8, 4) is 0 Å². The Labute approximate surface area is 137 Å². The molecule has 1 aliphatic rings. The molecule has 0 bridgehead atoms. The van der Waals surface area contributed by atoms with Crippen LogP contribution in [0.15, 0.2) is 45.3 Å². The fourth-order valence-corrected chi connectivity index (χ4v) is 4.39. The van der Waals surface area contributed by atoms with Crippen LogP contribution in [0.2, 0.25) is 0 Å². The number of thiazole rings is 1. The predicted molar refractivity (Wildman–Crippen MR) is 93.0 cm³/mol. The van der Waals surface area contributed by atoms with Gasteiger partial charge in [-0.2, -0.15) is 0 Å². The summed E-state index contributed by atoms with van der Waals surface area (Å²) in [5.74, 6) is 0. The molecule has 0 atom stereocenters. The maximum atomic E-state index is 4.76. The summed E-state index contributed by atoms with van der Waals surface area (Å²) in [6, 6.07) is 12.7. The summed E-state index contributed by atoms with van der Waals surface area (Å²) in [7, 11) is 0. The predicted octanol–water partition coefficient (Wildman–Crippen LogP) is 5.92. The summed E-state index contributed by atoms with van der Waals surface area (Å²) >= 11 is 8.81. The summed E-state index contributed by atoms with van der Waals surface area (Å²) in [6.07, 6.45) is 3.23. The van der Waals surface area contributed by atoms with E-state index in [1.807, 2.05) is 6.07 Å². The van der Waals surface area contributed by atoms with Crippen molar-refractivity contribution >= 4 is 65.1 Å². The Morgan fingerprint density at radius 1 is 1.00 bits per heavy atom. The van der Waals surface area contributed by atoms with E-state index in [0.717, 1.165) is 25.9 Å². The molecular weight excluding hydrogens is 398 g/mol. The Hall–Kier alpha value is -0.970. The number of hydrogen-bond donors (Lipinski definition) is 0. The van der Waals surface area contributed by atoms with Gasteiger partial charge in [-0.1, -0.05) is 37.9 Å². The van der Waals surface area contributed by atoms with Crippen LogP contribution in [0.5, 0.6) is 0 Å². The molecule has 20 heavy (non-hydrogen) atoms. The van der Waals surface area contributed by atoms with Gasteiger partial charge in [0.05, 0.1) is 10.2 Å². The molecule has 0 saturated carbocycles. The highest BCUT2D eigenvalue weighted by Gasteiger charge is 2.17. The third-order valence-electron chi connectivity index (χ3n) is 3.44. The Morgan fingerprint density at radius 3 is 2.70 bits per heavy atom. The Morgan fingerprint density at radius 2 is 1.80 bits per heavy atom. The zero-order valence-electron chi connectivity index (χ0n) is 10.4. The van der Waals surface area contributed by atoms with Crippen LogP contribution in [-0.4, -0.2) is 4.98 Å². The number of aromatic nitrogens is 1. The van der Waals surface area contributed by atoms with E-state index in [1.54, 1.807) is 11.3 Å². The maximum Gasteiger partial charge on any atom is 0.120 e. The van der Waals surface area contributed by atoms with Crippen molar-refractivity contribution < 1.29 is 0 Å². The van der Waals surface area contributed by atoms with E-state index in [1.165, 1.54) is 21.4 Å². The summed E-state index contributed by atoms with van der Waals surface area (Å²) in [4.78, 5) is 4.76. The highest BCUT2D eigenvalue weighted by molar-refractivity contribution is 9.10. The first kappa shape index (κ1) is 12.7. The first-order chi connectivity index (χ1) is 9.69. The number of rotatable bonds is 1. The van der Waals surface area contributed by atoms with Crippen molar-refractivity contribution in [3.05, 3.63) is 61.5 Å². The van der Waals surface area contributed by atoms with Gasteiger partial charge < -0.3 is 0 Å². The lowest BCUT2D eigenvalue weighted by Gasteiger charge is -1.98. The van der Waals surface area contributed by atoms with Crippen LogP contribution in [0.1, 0.15) is 16.1 Å². The zero-order chi connectivity index (χ0) is 13.7. The van der Waals surface area contributed by atoms with Gasteiger partial charge in [0.15, 0.2) is 0 Å².